The number of nitrogens with zero attached hydrogens (tertiary/aromatic N) is 3. The molecule has 1 aromatic heterocycles. The Bertz CT molecular complexity index is 485. The predicted octanol–water partition coefficient (Wildman–Crippen LogP) is 1.06. The first-order valence-corrected chi connectivity index (χ1v) is 7.55. The summed E-state index contributed by atoms with van der Waals surface area (Å²) >= 11 is 5.80. The normalized spacial score (nSPS) is 22.8. The molecule has 17 heavy (non-hydrogen) atoms. The lowest BCUT2D eigenvalue weighted by Gasteiger charge is -2.30. The number of aromatic nitrogens is 2. The van der Waals surface area contributed by atoms with Crippen LogP contribution in [0, 0.1) is 5.92 Å². The number of aryl methyl sites for hydroxylation is 1. The highest BCUT2D eigenvalue weighted by atomic mass is 35.5. The second kappa shape index (κ2) is 4.96. The van der Waals surface area contributed by atoms with Gasteiger partial charge in [0, 0.05) is 32.2 Å². The fourth-order valence-corrected chi connectivity index (χ4v) is 3.80. The zero-order valence-electron chi connectivity index (χ0n) is 9.71. The summed E-state index contributed by atoms with van der Waals surface area (Å²) in [5, 5.41) is 0.121. The summed E-state index contributed by atoms with van der Waals surface area (Å²) in [6.07, 6.45) is 4.89. The SMILES string of the molecule is Cn1cnc(S(=O)(=O)N2CCCC(CCl)C2)c1. The number of rotatable bonds is 3. The minimum atomic E-state index is -3.44. The maximum atomic E-state index is 12.3. The van der Waals surface area contributed by atoms with E-state index in [1.165, 1.54) is 16.8 Å². The van der Waals surface area contributed by atoms with Crippen molar-refractivity contribution < 1.29 is 8.42 Å². The predicted molar refractivity (Wildman–Crippen MR) is 65.4 cm³/mol. The van der Waals surface area contributed by atoms with Crippen molar-refractivity contribution in [1.29, 1.82) is 0 Å². The van der Waals surface area contributed by atoms with Gasteiger partial charge in [0.2, 0.25) is 0 Å². The molecule has 96 valence electrons. The molecule has 0 amide bonds. The first kappa shape index (κ1) is 12.9. The molecule has 0 N–H and O–H groups in total. The van der Waals surface area contributed by atoms with Gasteiger partial charge in [-0.25, -0.2) is 13.4 Å². The van der Waals surface area contributed by atoms with Crippen molar-refractivity contribution in [1.82, 2.24) is 13.9 Å². The van der Waals surface area contributed by atoms with Crippen molar-refractivity contribution in [3.05, 3.63) is 12.5 Å². The maximum absolute atomic E-state index is 12.3. The average Bonchev–Trinajstić information content (AvgIpc) is 2.76. The molecule has 1 unspecified atom stereocenters. The highest BCUT2D eigenvalue weighted by Gasteiger charge is 2.31. The molecule has 0 spiro atoms. The van der Waals surface area contributed by atoms with Crippen LogP contribution in [-0.4, -0.2) is 41.2 Å². The standard InChI is InChI=1S/C10H16ClN3O2S/c1-13-7-10(12-8-13)17(15,16)14-4-2-3-9(5-11)6-14/h7-9H,2-6H2,1H3. The summed E-state index contributed by atoms with van der Waals surface area (Å²) < 4.78 is 27.7. The summed E-state index contributed by atoms with van der Waals surface area (Å²) in [5.41, 5.74) is 0. The van der Waals surface area contributed by atoms with Crippen molar-refractivity contribution in [3.63, 3.8) is 0 Å². The molecule has 1 saturated heterocycles. The van der Waals surface area contributed by atoms with E-state index in [0.717, 1.165) is 12.8 Å². The van der Waals surface area contributed by atoms with Gasteiger partial charge in [-0.15, -0.1) is 11.6 Å². The van der Waals surface area contributed by atoms with E-state index in [-0.39, 0.29) is 10.9 Å². The van der Waals surface area contributed by atoms with Crippen molar-refractivity contribution in [2.75, 3.05) is 19.0 Å². The van der Waals surface area contributed by atoms with Crippen LogP contribution in [0.5, 0.6) is 0 Å². The van der Waals surface area contributed by atoms with Gasteiger partial charge < -0.3 is 4.57 Å². The highest BCUT2D eigenvalue weighted by molar-refractivity contribution is 7.89. The van der Waals surface area contributed by atoms with Gasteiger partial charge in [-0.05, 0) is 18.8 Å². The number of piperidine rings is 1. The number of hydrogen-bond donors (Lipinski definition) is 0. The van der Waals surface area contributed by atoms with Crippen molar-refractivity contribution in [2.45, 2.75) is 17.9 Å². The van der Waals surface area contributed by atoms with Gasteiger partial charge >= 0.3 is 0 Å². The summed E-state index contributed by atoms with van der Waals surface area (Å²) in [5.74, 6) is 0.762. The van der Waals surface area contributed by atoms with Gasteiger partial charge in [0.05, 0.1) is 6.33 Å². The van der Waals surface area contributed by atoms with E-state index >= 15 is 0 Å². The first-order chi connectivity index (χ1) is 8.04. The molecule has 1 fully saturated rings. The molecule has 0 radical (unpaired) electrons. The van der Waals surface area contributed by atoms with E-state index in [2.05, 4.69) is 4.98 Å². The Balaban J connectivity index is 2.21. The molecule has 1 aliphatic rings. The third-order valence-corrected chi connectivity index (χ3v) is 5.17. The second-order valence-corrected chi connectivity index (χ2v) is 6.60. The van der Waals surface area contributed by atoms with Gasteiger partial charge in [-0.1, -0.05) is 0 Å². The fourth-order valence-electron chi connectivity index (χ4n) is 2.03. The topological polar surface area (TPSA) is 55.2 Å². The summed E-state index contributed by atoms with van der Waals surface area (Å²) in [6.45, 7) is 1.06. The molecule has 0 aliphatic carbocycles. The average molecular weight is 278 g/mol. The van der Waals surface area contributed by atoms with Gasteiger partial charge in [-0.2, -0.15) is 4.31 Å². The van der Waals surface area contributed by atoms with Crippen LogP contribution >= 0.6 is 11.6 Å². The van der Waals surface area contributed by atoms with Crippen LogP contribution in [0.4, 0.5) is 0 Å². The van der Waals surface area contributed by atoms with Gasteiger partial charge in [0.1, 0.15) is 0 Å². The van der Waals surface area contributed by atoms with E-state index in [1.54, 1.807) is 11.6 Å². The van der Waals surface area contributed by atoms with Crippen LogP contribution in [0.2, 0.25) is 0 Å². The molecule has 0 bridgehead atoms. The Morgan fingerprint density at radius 3 is 2.94 bits per heavy atom. The number of halogens is 1. The summed E-state index contributed by atoms with van der Waals surface area (Å²) in [6, 6.07) is 0. The van der Waals surface area contributed by atoms with E-state index in [9.17, 15) is 8.42 Å². The lowest BCUT2D eigenvalue weighted by molar-refractivity contribution is 0.283. The summed E-state index contributed by atoms with van der Waals surface area (Å²) in [7, 11) is -1.69. The van der Waals surface area contributed by atoms with Crippen LogP contribution in [0.25, 0.3) is 0 Å². The lowest BCUT2D eigenvalue weighted by atomic mass is 10.0. The molecule has 2 heterocycles. The van der Waals surface area contributed by atoms with Crippen LogP contribution in [0.15, 0.2) is 17.6 Å². The number of alkyl halides is 1. The smallest absolute Gasteiger partial charge is 0.262 e. The van der Waals surface area contributed by atoms with Crippen LogP contribution < -0.4 is 0 Å². The Morgan fingerprint density at radius 1 is 1.59 bits per heavy atom. The first-order valence-electron chi connectivity index (χ1n) is 5.58. The van der Waals surface area contributed by atoms with E-state index in [0.29, 0.717) is 19.0 Å². The van der Waals surface area contributed by atoms with Crippen molar-refractivity contribution in [3.8, 4) is 0 Å². The van der Waals surface area contributed by atoms with Gasteiger partial charge in [0.15, 0.2) is 5.03 Å². The molecule has 1 atom stereocenters. The van der Waals surface area contributed by atoms with Crippen LogP contribution in [-0.2, 0) is 17.1 Å². The van der Waals surface area contributed by atoms with Crippen molar-refractivity contribution in [2.24, 2.45) is 13.0 Å². The zero-order chi connectivity index (χ0) is 12.5. The Labute approximate surface area is 106 Å². The van der Waals surface area contributed by atoms with Gasteiger partial charge in [-0.3, -0.25) is 0 Å². The van der Waals surface area contributed by atoms with E-state index < -0.39 is 10.0 Å². The lowest BCUT2D eigenvalue weighted by Crippen LogP contribution is -2.40. The van der Waals surface area contributed by atoms with Crippen LogP contribution in [0.3, 0.4) is 0 Å². The number of sulfonamides is 1. The molecule has 1 aromatic rings. The molecule has 2 rings (SSSR count). The Morgan fingerprint density at radius 2 is 2.35 bits per heavy atom. The number of hydrogen-bond acceptors (Lipinski definition) is 3. The number of imidazole rings is 1. The van der Waals surface area contributed by atoms with Crippen molar-refractivity contribution >= 4 is 21.6 Å². The summed E-state index contributed by atoms with van der Waals surface area (Å²) in [4.78, 5) is 3.91. The third kappa shape index (κ3) is 2.64. The third-order valence-electron chi connectivity index (χ3n) is 2.99. The van der Waals surface area contributed by atoms with Gasteiger partial charge in [0.25, 0.3) is 10.0 Å². The molecule has 1 aliphatic heterocycles. The Kier molecular flexibility index (Phi) is 3.75. The largest absolute Gasteiger partial charge is 0.339 e. The molecular formula is C10H16ClN3O2S. The zero-order valence-corrected chi connectivity index (χ0v) is 11.3. The fraction of sp³-hybridized carbons (Fsp3) is 0.700. The second-order valence-electron chi connectivity index (χ2n) is 4.40. The Hall–Kier alpha value is -0.590. The van der Waals surface area contributed by atoms with Crippen LogP contribution in [0.1, 0.15) is 12.8 Å². The monoisotopic (exact) mass is 277 g/mol. The van der Waals surface area contributed by atoms with E-state index in [1.807, 2.05) is 0 Å². The minimum Gasteiger partial charge on any atom is -0.339 e. The molecule has 0 aromatic carbocycles. The molecule has 5 nitrogen and oxygen atoms in total. The minimum absolute atomic E-state index is 0.121. The molecular weight excluding hydrogens is 262 g/mol. The molecule has 0 saturated carbocycles. The molecule has 7 heteroatoms. The highest BCUT2D eigenvalue weighted by Crippen LogP contribution is 2.23. The maximum Gasteiger partial charge on any atom is 0.262 e. The quantitative estimate of drug-likeness (QED) is 0.777. The van der Waals surface area contributed by atoms with E-state index in [4.69, 9.17) is 11.6 Å².